The zero-order valence-electron chi connectivity index (χ0n) is 44.8. The van der Waals surface area contributed by atoms with E-state index in [-0.39, 0.29) is 127 Å². The molecule has 74 heavy (non-hydrogen) atoms. The van der Waals surface area contributed by atoms with Gasteiger partial charge < -0.3 is 66.2 Å². The first-order chi connectivity index (χ1) is 35.8. The number of nitrogens with one attached hydrogen (secondary N) is 6. The standard InChI is InChI=1S/C53H96N6O15/c1-2-54-44(52(67)68)21-19-20-30-55-48(62)40-73-37-36-72-34-32-57-49(63)41-74-38-35-71-33-31-56-47(61)29-28-45(53(69)70)59-51(66)43-26-24-42(25-27-43)39-58-46(60)22-17-15-13-11-9-7-5-3-4-6-8-10-12-14-16-18-23-50(64)65/h42-45,54H,2-41H2,1H3,(H,55,62)(H,56,61)(H,57,63)(H,58,60)(H,59,66)(H,64,65)(H,67,68)(H,69,70)/t42?,43?,44-,45-/m0/s1. The van der Waals surface area contributed by atoms with Crippen molar-refractivity contribution in [2.24, 2.45) is 11.8 Å². The molecule has 0 aliphatic heterocycles. The molecule has 1 aliphatic carbocycles. The fourth-order valence-corrected chi connectivity index (χ4v) is 8.58. The van der Waals surface area contributed by atoms with E-state index < -0.39 is 30.0 Å². The van der Waals surface area contributed by atoms with Crippen molar-refractivity contribution in [3.8, 4) is 0 Å². The first kappa shape index (κ1) is 67.6. The third-order valence-electron chi connectivity index (χ3n) is 13.0. The number of hydrogen-bond donors (Lipinski definition) is 9. The average Bonchev–Trinajstić information content (AvgIpc) is 3.37. The first-order valence-corrected chi connectivity index (χ1v) is 27.9. The zero-order chi connectivity index (χ0) is 54.3. The van der Waals surface area contributed by atoms with E-state index in [1.54, 1.807) is 0 Å². The van der Waals surface area contributed by atoms with Gasteiger partial charge in [0.05, 0.1) is 39.6 Å². The zero-order valence-corrected chi connectivity index (χ0v) is 44.8. The molecule has 5 amide bonds. The van der Waals surface area contributed by atoms with Crippen molar-refractivity contribution in [3.05, 3.63) is 0 Å². The Labute approximate surface area is 440 Å². The van der Waals surface area contributed by atoms with Crippen LogP contribution in [0.2, 0.25) is 0 Å². The Morgan fingerprint density at radius 2 is 0.892 bits per heavy atom. The van der Waals surface area contributed by atoms with Crippen LogP contribution in [0.1, 0.15) is 180 Å². The Hall–Kier alpha value is -4.44. The van der Waals surface area contributed by atoms with Gasteiger partial charge in [0.1, 0.15) is 25.3 Å². The van der Waals surface area contributed by atoms with E-state index in [1.807, 2.05) is 6.92 Å². The van der Waals surface area contributed by atoms with Crippen molar-refractivity contribution in [1.29, 1.82) is 0 Å². The molecule has 21 heteroatoms. The van der Waals surface area contributed by atoms with Crippen molar-refractivity contribution in [2.45, 2.75) is 192 Å². The SMILES string of the molecule is CCN[C@@H](CCCCNC(=O)COCCOCCNC(=O)COCCOCCNC(=O)CC[C@H](NC(=O)C1CCC(CNC(=O)CCCCCCCCCCCCCCCCCCC(=O)O)CC1)C(=O)O)C(=O)O. The second kappa shape index (κ2) is 47.0. The van der Waals surface area contributed by atoms with Crippen molar-refractivity contribution < 1.29 is 72.6 Å². The smallest absolute Gasteiger partial charge is 0.326 e. The van der Waals surface area contributed by atoms with Gasteiger partial charge in [-0.05, 0) is 76.7 Å². The average molecular weight is 1060 g/mol. The number of aliphatic carboxylic acids is 3. The van der Waals surface area contributed by atoms with Crippen LogP contribution in [-0.2, 0) is 57.3 Å². The summed E-state index contributed by atoms with van der Waals surface area (Å²) in [6.07, 6.45) is 23.9. The van der Waals surface area contributed by atoms with E-state index in [0.717, 1.165) is 51.4 Å². The maximum absolute atomic E-state index is 13.0. The summed E-state index contributed by atoms with van der Waals surface area (Å²) in [5.74, 6) is -4.06. The predicted molar refractivity (Wildman–Crippen MR) is 279 cm³/mol. The van der Waals surface area contributed by atoms with Crippen LogP contribution in [0.5, 0.6) is 0 Å². The first-order valence-electron chi connectivity index (χ1n) is 27.9. The van der Waals surface area contributed by atoms with Crippen LogP contribution in [0.4, 0.5) is 0 Å². The number of hydrogen-bond acceptors (Lipinski definition) is 13. The van der Waals surface area contributed by atoms with E-state index in [4.69, 9.17) is 29.2 Å². The fraction of sp³-hybridized carbons (Fsp3) is 0.849. The molecule has 0 unspecified atom stereocenters. The molecule has 21 nitrogen and oxygen atoms in total. The summed E-state index contributed by atoms with van der Waals surface area (Å²) in [7, 11) is 0. The van der Waals surface area contributed by atoms with E-state index in [0.29, 0.717) is 58.2 Å². The van der Waals surface area contributed by atoms with Gasteiger partial charge >= 0.3 is 17.9 Å². The van der Waals surface area contributed by atoms with Crippen LogP contribution < -0.4 is 31.9 Å². The highest BCUT2D eigenvalue weighted by Gasteiger charge is 2.30. The molecule has 2 atom stereocenters. The van der Waals surface area contributed by atoms with Crippen LogP contribution >= 0.6 is 0 Å². The lowest BCUT2D eigenvalue weighted by molar-refractivity contribution is -0.143. The molecule has 0 aromatic carbocycles. The van der Waals surface area contributed by atoms with E-state index in [2.05, 4.69) is 31.9 Å². The van der Waals surface area contributed by atoms with Gasteiger partial charge in [-0.3, -0.25) is 33.6 Å². The minimum Gasteiger partial charge on any atom is -0.481 e. The topological polar surface area (TPSA) is 306 Å². The summed E-state index contributed by atoms with van der Waals surface area (Å²) in [6, 6.07) is -1.78. The highest BCUT2D eigenvalue weighted by Crippen LogP contribution is 2.29. The lowest BCUT2D eigenvalue weighted by Crippen LogP contribution is -2.45. The molecule has 9 N–H and O–H groups in total. The largest absolute Gasteiger partial charge is 0.481 e. The Balaban J connectivity index is 1.97. The Morgan fingerprint density at radius 3 is 1.38 bits per heavy atom. The van der Waals surface area contributed by atoms with Gasteiger partial charge in [-0.15, -0.1) is 0 Å². The molecule has 0 aromatic heterocycles. The van der Waals surface area contributed by atoms with E-state index in [9.17, 15) is 43.5 Å². The second-order valence-electron chi connectivity index (χ2n) is 19.3. The summed E-state index contributed by atoms with van der Waals surface area (Å²) in [5.41, 5.74) is 0. The maximum atomic E-state index is 13.0. The molecule has 0 aromatic rings. The lowest BCUT2D eigenvalue weighted by atomic mass is 9.81. The molecule has 0 bridgehead atoms. The second-order valence-corrected chi connectivity index (χ2v) is 19.3. The van der Waals surface area contributed by atoms with Gasteiger partial charge in [0.2, 0.25) is 29.5 Å². The van der Waals surface area contributed by atoms with Crippen molar-refractivity contribution in [3.63, 3.8) is 0 Å². The highest BCUT2D eigenvalue weighted by atomic mass is 16.5. The molecule has 0 saturated heterocycles. The van der Waals surface area contributed by atoms with E-state index >= 15 is 0 Å². The van der Waals surface area contributed by atoms with Gasteiger partial charge in [-0.1, -0.05) is 96.8 Å². The van der Waals surface area contributed by atoms with E-state index in [1.165, 1.54) is 64.2 Å². The Bertz CT molecular complexity index is 1530. The van der Waals surface area contributed by atoms with Gasteiger partial charge in [0.15, 0.2) is 0 Å². The number of ether oxygens (including phenoxy) is 4. The Morgan fingerprint density at radius 1 is 0.446 bits per heavy atom. The highest BCUT2D eigenvalue weighted by molar-refractivity contribution is 5.86. The maximum Gasteiger partial charge on any atom is 0.326 e. The van der Waals surface area contributed by atoms with Crippen LogP contribution in [0.3, 0.4) is 0 Å². The van der Waals surface area contributed by atoms with Crippen LogP contribution in [-0.4, -0.2) is 160 Å². The molecule has 1 fully saturated rings. The summed E-state index contributed by atoms with van der Waals surface area (Å²) in [6.45, 7) is 4.77. The monoisotopic (exact) mass is 1060 g/mol. The fourth-order valence-electron chi connectivity index (χ4n) is 8.58. The summed E-state index contributed by atoms with van der Waals surface area (Å²) in [5, 5.41) is 44.2. The quantitative estimate of drug-likeness (QED) is 0.0362. The van der Waals surface area contributed by atoms with Crippen LogP contribution in [0.25, 0.3) is 0 Å². The van der Waals surface area contributed by atoms with Gasteiger partial charge in [0.25, 0.3) is 0 Å². The van der Waals surface area contributed by atoms with Gasteiger partial charge in [0, 0.05) is 51.4 Å². The number of carbonyl (C=O) groups excluding carboxylic acids is 5. The molecule has 1 rings (SSSR count). The number of rotatable bonds is 51. The van der Waals surface area contributed by atoms with Crippen LogP contribution in [0.15, 0.2) is 0 Å². The molecule has 0 radical (unpaired) electrons. The minimum atomic E-state index is -1.21. The summed E-state index contributed by atoms with van der Waals surface area (Å²) < 4.78 is 21.4. The number of carboxylic acid groups (broad SMARTS) is 3. The van der Waals surface area contributed by atoms with Crippen LogP contribution in [0, 0.1) is 11.8 Å². The predicted octanol–water partition coefficient (Wildman–Crippen LogP) is 5.01. The summed E-state index contributed by atoms with van der Waals surface area (Å²) in [4.78, 5) is 95.3. The molecular formula is C53H96N6O15. The third kappa shape index (κ3) is 40.9. The van der Waals surface area contributed by atoms with Gasteiger partial charge in [-0.2, -0.15) is 0 Å². The van der Waals surface area contributed by atoms with Gasteiger partial charge in [-0.25, -0.2) is 4.79 Å². The van der Waals surface area contributed by atoms with Crippen molar-refractivity contribution >= 4 is 47.4 Å². The number of carbonyl (C=O) groups is 8. The molecular weight excluding hydrogens is 961 g/mol. The lowest BCUT2D eigenvalue weighted by Gasteiger charge is -2.28. The van der Waals surface area contributed by atoms with Crippen molar-refractivity contribution in [1.82, 2.24) is 31.9 Å². The molecule has 0 heterocycles. The Kier molecular flexibility index (Phi) is 43.0. The van der Waals surface area contributed by atoms with Crippen molar-refractivity contribution in [2.75, 3.05) is 85.6 Å². The molecule has 1 saturated carbocycles. The minimum absolute atomic E-state index is 0.0603. The number of likely N-dealkylation sites (N-methyl/N-ethyl adjacent to an activating group) is 1. The molecule has 0 spiro atoms. The number of unbranched alkanes of at least 4 members (excludes halogenated alkanes) is 16. The summed E-state index contributed by atoms with van der Waals surface area (Å²) >= 11 is 0. The molecule has 428 valence electrons. The molecule has 1 aliphatic rings. The normalized spacial score (nSPS) is 15.1. The number of amides is 5. The number of carboxylic acids is 3. The third-order valence-corrected chi connectivity index (χ3v) is 13.0.